The summed E-state index contributed by atoms with van der Waals surface area (Å²) >= 11 is 0. The predicted molar refractivity (Wildman–Crippen MR) is 86.0 cm³/mol. The van der Waals surface area contributed by atoms with Crippen molar-refractivity contribution in [1.29, 1.82) is 0 Å². The van der Waals surface area contributed by atoms with E-state index in [0.717, 1.165) is 25.8 Å². The van der Waals surface area contributed by atoms with Crippen molar-refractivity contribution in [3.05, 3.63) is 0 Å². The highest BCUT2D eigenvalue weighted by Gasteiger charge is 2.34. The van der Waals surface area contributed by atoms with Crippen LogP contribution in [-0.2, 0) is 4.79 Å². The van der Waals surface area contributed by atoms with Gasteiger partial charge in [-0.2, -0.15) is 0 Å². The Morgan fingerprint density at radius 3 is 2.45 bits per heavy atom. The van der Waals surface area contributed by atoms with E-state index in [-0.39, 0.29) is 18.4 Å². The molecule has 118 valence electrons. The molecule has 20 heavy (non-hydrogen) atoms. The van der Waals surface area contributed by atoms with E-state index < -0.39 is 0 Å². The van der Waals surface area contributed by atoms with Gasteiger partial charge < -0.3 is 10.6 Å². The Morgan fingerprint density at radius 2 is 1.90 bits per heavy atom. The molecule has 4 heteroatoms. The smallest absolute Gasteiger partial charge is 0.223 e. The maximum atomic E-state index is 12.5. The van der Waals surface area contributed by atoms with Crippen molar-refractivity contribution in [2.24, 2.45) is 17.1 Å². The second-order valence-corrected chi connectivity index (χ2v) is 7.71. The van der Waals surface area contributed by atoms with Crippen molar-refractivity contribution >= 4 is 18.3 Å². The number of hydrogen-bond acceptors (Lipinski definition) is 2. The summed E-state index contributed by atoms with van der Waals surface area (Å²) in [6.07, 6.45) is 7.60. The number of carbonyl (C=O) groups is 1. The van der Waals surface area contributed by atoms with Crippen LogP contribution in [-0.4, -0.2) is 29.4 Å². The van der Waals surface area contributed by atoms with Crippen molar-refractivity contribution in [2.45, 2.75) is 77.8 Å². The van der Waals surface area contributed by atoms with Crippen LogP contribution < -0.4 is 5.73 Å². The van der Waals surface area contributed by atoms with Crippen LogP contribution in [0.2, 0.25) is 0 Å². The first-order valence-corrected chi connectivity index (χ1v) is 7.92. The molecule has 0 aromatic rings. The van der Waals surface area contributed by atoms with Gasteiger partial charge in [-0.25, -0.2) is 0 Å². The Hall–Kier alpha value is -0.280. The number of carbonyl (C=O) groups excluding carboxylic acids is 1. The van der Waals surface area contributed by atoms with Crippen molar-refractivity contribution in [2.75, 3.05) is 6.54 Å². The van der Waals surface area contributed by atoms with Crippen molar-refractivity contribution < 1.29 is 4.79 Å². The second kappa shape index (κ2) is 7.13. The molecular weight excluding hydrogens is 272 g/mol. The minimum absolute atomic E-state index is 0. The maximum Gasteiger partial charge on any atom is 0.223 e. The number of hydrogen-bond donors (Lipinski definition) is 1. The molecule has 0 aromatic heterocycles. The number of likely N-dealkylation sites (tertiary alicyclic amines) is 1. The Kier molecular flexibility index (Phi) is 6.33. The van der Waals surface area contributed by atoms with Gasteiger partial charge in [0.25, 0.3) is 0 Å². The molecule has 0 aromatic carbocycles. The summed E-state index contributed by atoms with van der Waals surface area (Å²) in [7, 11) is 0. The van der Waals surface area contributed by atoms with E-state index in [9.17, 15) is 4.79 Å². The van der Waals surface area contributed by atoms with E-state index in [1.807, 2.05) is 0 Å². The molecular formula is C16H31ClN2O. The van der Waals surface area contributed by atoms with Gasteiger partial charge in [0.15, 0.2) is 0 Å². The molecule has 0 spiro atoms. The first-order valence-electron chi connectivity index (χ1n) is 7.92. The van der Waals surface area contributed by atoms with Gasteiger partial charge in [-0.1, -0.05) is 27.2 Å². The number of rotatable bonds is 3. The van der Waals surface area contributed by atoms with Gasteiger partial charge in [0, 0.05) is 25.0 Å². The van der Waals surface area contributed by atoms with Gasteiger partial charge in [0.2, 0.25) is 5.91 Å². The molecule has 3 atom stereocenters. The fraction of sp³-hybridized carbons (Fsp3) is 0.938. The molecule has 1 aliphatic heterocycles. The highest BCUT2D eigenvalue weighted by Crippen LogP contribution is 2.32. The summed E-state index contributed by atoms with van der Waals surface area (Å²) in [5, 5.41) is 0. The quantitative estimate of drug-likeness (QED) is 0.869. The monoisotopic (exact) mass is 302 g/mol. The Labute approximate surface area is 130 Å². The van der Waals surface area contributed by atoms with E-state index in [2.05, 4.69) is 25.7 Å². The SMILES string of the molecule is CC(C)(C)CC1CCCN1C(=O)C[C@@H]1CCC[C@H]1N.Cl. The van der Waals surface area contributed by atoms with Crippen molar-refractivity contribution in [3.63, 3.8) is 0 Å². The van der Waals surface area contributed by atoms with Gasteiger partial charge in [-0.05, 0) is 43.4 Å². The molecule has 1 amide bonds. The summed E-state index contributed by atoms with van der Waals surface area (Å²) in [6.45, 7) is 7.75. The van der Waals surface area contributed by atoms with Crippen LogP contribution >= 0.6 is 12.4 Å². The van der Waals surface area contributed by atoms with Crippen LogP contribution in [0, 0.1) is 11.3 Å². The van der Waals surface area contributed by atoms with Crippen LogP contribution in [0.4, 0.5) is 0 Å². The van der Waals surface area contributed by atoms with E-state index >= 15 is 0 Å². The van der Waals surface area contributed by atoms with Crippen LogP contribution in [0.3, 0.4) is 0 Å². The normalized spacial score (nSPS) is 30.4. The average molecular weight is 303 g/mol. The number of halogens is 1. The van der Waals surface area contributed by atoms with E-state index in [0.29, 0.717) is 29.7 Å². The molecule has 1 saturated carbocycles. The summed E-state index contributed by atoms with van der Waals surface area (Å²) in [5.74, 6) is 0.789. The third-order valence-corrected chi connectivity index (χ3v) is 4.70. The summed E-state index contributed by atoms with van der Waals surface area (Å²) in [4.78, 5) is 14.7. The van der Waals surface area contributed by atoms with E-state index in [1.165, 1.54) is 19.3 Å². The van der Waals surface area contributed by atoms with Crippen LogP contribution in [0.25, 0.3) is 0 Å². The zero-order chi connectivity index (χ0) is 14.0. The lowest BCUT2D eigenvalue weighted by Gasteiger charge is -2.31. The molecule has 2 fully saturated rings. The average Bonchev–Trinajstić information content (AvgIpc) is 2.86. The number of nitrogens with two attached hydrogens (primary N) is 1. The summed E-state index contributed by atoms with van der Waals surface area (Å²) in [6, 6.07) is 0.720. The third-order valence-electron chi connectivity index (χ3n) is 4.70. The Morgan fingerprint density at radius 1 is 1.20 bits per heavy atom. The third kappa shape index (κ3) is 4.63. The van der Waals surface area contributed by atoms with Crippen LogP contribution in [0.15, 0.2) is 0 Å². The molecule has 1 unspecified atom stereocenters. The molecule has 1 heterocycles. The molecule has 3 nitrogen and oxygen atoms in total. The summed E-state index contributed by atoms with van der Waals surface area (Å²) < 4.78 is 0. The lowest BCUT2D eigenvalue weighted by Crippen LogP contribution is -2.39. The van der Waals surface area contributed by atoms with Gasteiger partial charge in [0.1, 0.15) is 0 Å². The zero-order valence-corrected chi connectivity index (χ0v) is 14.0. The van der Waals surface area contributed by atoms with Crippen molar-refractivity contribution in [3.8, 4) is 0 Å². The lowest BCUT2D eigenvalue weighted by atomic mass is 9.87. The van der Waals surface area contributed by atoms with Crippen LogP contribution in [0.1, 0.15) is 65.7 Å². The zero-order valence-electron chi connectivity index (χ0n) is 13.2. The fourth-order valence-electron chi connectivity index (χ4n) is 3.74. The van der Waals surface area contributed by atoms with Crippen molar-refractivity contribution in [1.82, 2.24) is 4.90 Å². The number of nitrogens with zero attached hydrogens (tertiary/aromatic N) is 1. The van der Waals surface area contributed by atoms with Crippen LogP contribution in [0.5, 0.6) is 0 Å². The topological polar surface area (TPSA) is 46.3 Å². The minimum atomic E-state index is 0. The van der Waals surface area contributed by atoms with E-state index in [4.69, 9.17) is 5.73 Å². The lowest BCUT2D eigenvalue weighted by molar-refractivity contribution is -0.133. The molecule has 0 bridgehead atoms. The molecule has 1 saturated heterocycles. The molecule has 2 rings (SSSR count). The predicted octanol–water partition coefficient (Wildman–Crippen LogP) is 3.35. The summed E-state index contributed by atoms with van der Waals surface area (Å²) in [5.41, 5.74) is 6.39. The molecule has 1 aliphatic carbocycles. The van der Waals surface area contributed by atoms with Gasteiger partial charge in [-0.3, -0.25) is 4.79 Å². The Balaban J connectivity index is 0.00000200. The highest BCUT2D eigenvalue weighted by molar-refractivity contribution is 5.85. The van der Waals surface area contributed by atoms with Gasteiger partial charge in [-0.15, -0.1) is 12.4 Å². The molecule has 2 aliphatic rings. The number of amides is 1. The van der Waals surface area contributed by atoms with E-state index in [1.54, 1.807) is 0 Å². The molecule has 2 N–H and O–H groups in total. The first-order chi connectivity index (χ1) is 8.87. The minimum Gasteiger partial charge on any atom is -0.340 e. The molecule has 0 radical (unpaired) electrons. The Bertz CT molecular complexity index is 327. The first kappa shape index (κ1) is 17.8. The second-order valence-electron chi connectivity index (χ2n) is 7.71. The largest absolute Gasteiger partial charge is 0.340 e. The maximum absolute atomic E-state index is 12.5. The standard InChI is InChI=1S/C16H30N2O.ClH/c1-16(2,3)11-13-7-5-9-18(13)15(19)10-12-6-4-8-14(12)17;/h12-14H,4-11,17H2,1-3H3;1H/t12-,13?,14+;/m0./s1. The highest BCUT2D eigenvalue weighted by atomic mass is 35.5. The van der Waals surface area contributed by atoms with Gasteiger partial charge >= 0.3 is 0 Å². The fourth-order valence-corrected chi connectivity index (χ4v) is 3.74. The van der Waals surface area contributed by atoms with Gasteiger partial charge in [0.05, 0.1) is 0 Å².